The van der Waals surface area contributed by atoms with Gasteiger partial charge in [-0.3, -0.25) is 0 Å². The molecule has 0 aliphatic heterocycles. The third-order valence-electron chi connectivity index (χ3n) is 2.36. The van der Waals surface area contributed by atoms with Crippen molar-refractivity contribution in [2.45, 2.75) is 19.4 Å². The number of furan rings is 1. The van der Waals surface area contributed by atoms with E-state index in [-0.39, 0.29) is 6.04 Å². The van der Waals surface area contributed by atoms with Crippen molar-refractivity contribution in [3.8, 4) is 0 Å². The molecule has 0 saturated carbocycles. The molecule has 1 aromatic carbocycles. The molecule has 2 rings (SSSR count). The molecule has 74 valence electrons. The number of hydrogen-bond acceptors (Lipinski definition) is 3. The monoisotopic (exact) mass is 190 g/mol. The zero-order valence-corrected chi connectivity index (χ0v) is 8.16. The third-order valence-corrected chi connectivity index (χ3v) is 2.36. The Morgan fingerprint density at radius 1 is 1.36 bits per heavy atom. The molecule has 0 radical (unpaired) electrons. The highest BCUT2D eigenvalue weighted by Crippen LogP contribution is 2.25. The van der Waals surface area contributed by atoms with Gasteiger partial charge < -0.3 is 15.9 Å². The van der Waals surface area contributed by atoms with Crippen LogP contribution in [0.5, 0.6) is 0 Å². The number of nitrogen functional groups attached to an aromatic ring is 1. The highest BCUT2D eigenvalue weighted by atomic mass is 16.3. The lowest BCUT2D eigenvalue weighted by Gasteiger charge is -2.02. The van der Waals surface area contributed by atoms with E-state index in [1.165, 1.54) is 0 Å². The van der Waals surface area contributed by atoms with E-state index in [1.807, 2.05) is 31.2 Å². The number of fused-ring (bicyclic) bond motifs is 1. The third kappa shape index (κ3) is 1.46. The smallest absolute Gasteiger partial charge is 0.134 e. The highest BCUT2D eigenvalue weighted by molar-refractivity contribution is 5.81. The van der Waals surface area contributed by atoms with Crippen molar-refractivity contribution in [1.82, 2.24) is 0 Å². The molecule has 0 saturated heterocycles. The largest absolute Gasteiger partial charge is 0.459 e. The van der Waals surface area contributed by atoms with Gasteiger partial charge in [-0.25, -0.2) is 0 Å². The van der Waals surface area contributed by atoms with Crippen LogP contribution in [0.1, 0.15) is 25.1 Å². The van der Waals surface area contributed by atoms with Gasteiger partial charge in [0.1, 0.15) is 11.3 Å². The number of rotatable bonds is 2. The van der Waals surface area contributed by atoms with E-state index < -0.39 is 0 Å². The fraction of sp³-hybridized carbons (Fsp3) is 0.273. The van der Waals surface area contributed by atoms with Crippen LogP contribution in [0.4, 0.5) is 5.69 Å². The van der Waals surface area contributed by atoms with Crippen LogP contribution in [-0.2, 0) is 0 Å². The first-order chi connectivity index (χ1) is 6.70. The molecule has 4 N–H and O–H groups in total. The normalized spacial score (nSPS) is 13.3. The van der Waals surface area contributed by atoms with Gasteiger partial charge in [-0.1, -0.05) is 6.92 Å². The van der Waals surface area contributed by atoms with Crippen LogP contribution in [-0.4, -0.2) is 0 Å². The van der Waals surface area contributed by atoms with E-state index in [2.05, 4.69) is 0 Å². The van der Waals surface area contributed by atoms with Crippen LogP contribution in [0.2, 0.25) is 0 Å². The molecule has 1 heterocycles. The Bertz CT molecular complexity index is 447. The van der Waals surface area contributed by atoms with Gasteiger partial charge >= 0.3 is 0 Å². The molecule has 3 nitrogen and oxygen atoms in total. The minimum atomic E-state index is -0.0244. The van der Waals surface area contributed by atoms with Crippen LogP contribution < -0.4 is 11.5 Å². The molecule has 14 heavy (non-hydrogen) atoms. The van der Waals surface area contributed by atoms with Crippen LogP contribution in [0.25, 0.3) is 11.0 Å². The van der Waals surface area contributed by atoms with E-state index in [4.69, 9.17) is 15.9 Å². The van der Waals surface area contributed by atoms with E-state index >= 15 is 0 Å². The summed E-state index contributed by atoms with van der Waals surface area (Å²) in [4.78, 5) is 0. The Labute approximate surface area is 82.7 Å². The van der Waals surface area contributed by atoms with Gasteiger partial charge in [0, 0.05) is 11.1 Å². The maximum Gasteiger partial charge on any atom is 0.134 e. The average molecular weight is 190 g/mol. The number of hydrogen-bond donors (Lipinski definition) is 2. The Morgan fingerprint density at radius 3 is 2.86 bits per heavy atom. The van der Waals surface area contributed by atoms with Crippen LogP contribution in [0, 0.1) is 0 Å². The molecule has 0 aliphatic carbocycles. The first-order valence-corrected chi connectivity index (χ1v) is 4.75. The highest BCUT2D eigenvalue weighted by Gasteiger charge is 2.09. The molecule has 2 aromatic rings. The minimum absolute atomic E-state index is 0.0244. The molecule has 0 amide bonds. The number of anilines is 1. The van der Waals surface area contributed by atoms with Gasteiger partial charge in [-0.15, -0.1) is 0 Å². The first kappa shape index (κ1) is 9.09. The maximum absolute atomic E-state index is 5.87. The number of nitrogens with two attached hydrogens (primary N) is 2. The Balaban J connectivity index is 2.51. The summed E-state index contributed by atoms with van der Waals surface area (Å²) in [5, 5.41) is 1.02. The summed E-state index contributed by atoms with van der Waals surface area (Å²) in [6, 6.07) is 7.53. The predicted octanol–water partition coefficient (Wildman–Crippen LogP) is 2.42. The molecule has 3 heteroatoms. The summed E-state index contributed by atoms with van der Waals surface area (Å²) in [5.74, 6) is 0.827. The molecule has 1 unspecified atom stereocenters. The van der Waals surface area contributed by atoms with Crippen molar-refractivity contribution in [2.24, 2.45) is 5.73 Å². The van der Waals surface area contributed by atoms with Gasteiger partial charge in [0.25, 0.3) is 0 Å². The summed E-state index contributed by atoms with van der Waals surface area (Å²) in [5.41, 5.74) is 13.1. The van der Waals surface area contributed by atoms with Crippen molar-refractivity contribution < 1.29 is 4.42 Å². The number of benzene rings is 1. The van der Waals surface area contributed by atoms with Gasteiger partial charge in [0.05, 0.1) is 6.04 Å². The average Bonchev–Trinajstić information content (AvgIpc) is 2.59. The van der Waals surface area contributed by atoms with Crippen molar-refractivity contribution in [1.29, 1.82) is 0 Å². The van der Waals surface area contributed by atoms with Gasteiger partial charge in [-0.2, -0.15) is 0 Å². The molecule has 0 spiro atoms. The zero-order valence-electron chi connectivity index (χ0n) is 8.16. The lowest BCUT2D eigenvalue weighted by atomic mass is 10.1. The second kappa shape index (κ2) is 3.35. The van der Waals surface area contributed by atoms with E-state index in [0.29, 0.717) is 0 Å². The Morgan fingerprint density at radius 2 is 2.14 bits per heavy atom. The van der Waals surface area contributed by atoms with Crippen LogP contribution in [0.3, 0.4) is 0 Å². The molecule has 0 aliphatic rings. The summed E-state index contributed by atoms with van der Waals surface area (Å²) in [6.07, 6.45) is 0.870. The van der Waals surface area contributed by atoms with Crippen molar-refractivity contribution >= 4 is 16.7 Å². The molecular weight excluding hydrogens is 176 g/mol. The standard InChI is InChI=1S/C11H14N2O/c1-2-9(13)11-6-7-5-8(12)3-4-10(7)14-11/h3-6,9H,2,12-13H2,1H3. The van der Waals surface area contributed by atoms with Crippen molar-refractivity contribution in [2.75, 3.05) is 5.73 Å². The molecule has 1 aromatic heterocycles. The maximum atomic E-state index is 5.87. The zero-order chi connectivity index (χ0) is 10.1. The predicted molar refractivity (Wildman–Crippen MR) is 57.8 cm³/mol. The Hall–Kier alpha value is -1.48. The first-order valence-electron chi connectivity index (χ1n) is 4.75. The minimum Gasteiger partial charge on any atom is -0.459 e. The topological polar surface area (TPSA) is 65.2 Å². The van der Waals surface area contributed by atoms with Gasteiger partial charge in [0.15, 0.2) is 0 Å². The summed E-state index contributed by atoms with van der Waals surface area (Å²) in [6.45, 7) is 2.03. The second-order valence-electron chi connectivity index (χ2n) is 3.46. The SMILES string of the molecule is CCC(N)c1cc2cc(N)ccc2o1. The van der Waals surface area contributed by atoms with Crippen LogP contribution >= 0.6 is 0 Å². The molecule has 1 atom stereocenters. The summed E-state index contributed by atoms with van der Waals surface area (Å²) < 4.78 is 5.60. The molecule has 0 fully saturated rings. The van der Waals surface area contributed by atoms with Crippen molar-refractivity contribution in [3.05, 3.63) is 30.0 Å². The van der Waals surface area contributed by atoms with E-state index in [0.717, 1.165) is 28.8 Å². The van der Waals surface area contributed by atoms with E-state index in [9.17, 15) is 0 Å². The summed E-state index contributed by atoms with van der Waals surface area (Å²) in [7, 11) is 0. The van der Waals surface area contributed by atoms with Gasteiger partial charge in [-0.05, 0) is 30.7 Å². The van der Waals surface area contributed by atoms with Crippen LogP contribution in [0.15, 0.2) is 28.7 Å². The molecule has 0 bridgehead atoms. The lowest BCUT2D eigenvalue weighted by Crippen LogP contribution is -2.06. The quantitative estimate of drug-likeness (QED) is 0.715. The molecular formula is C11H14N2O. The van der Waals surface area contributed by atoms with Crippen molar-refractivity contribution in [3.63, 3.8) is 0 Å². The fourth-order valence-corrected chi connectivity index (χ4v) is 1.47. The lowest BCUT2D eigenvalue weighted by molar-refractivity contribution is 0.488. The Kier molecular flexibility index (Phi) is 2.17. The van der Waals surface area contributed by atoms with E-state index in [1.54, 1.807) is 0 Å². The summed E-state index contributed by atoms with van der Waals surface area (Å²) >= 11 is 0. The second-order valence-corrected chi connectivity index (χ2v) is 3.46. The fourth-order valence-electron chi connectivity index (χ4n) is 1.47. The van der Waals surface area contributed by atoms with Gasteiger partial charge in [0.2, 0.25) is 0 Å².